The lowest BCUT2D eigenvalue weighted by Crippen LogP contribution is -2.14. The molecule has 6 nitrogen and oxygen atoms in total. The number of nitrogens with one attached hydrogen (secondary N) is 1. The highest BCUT2D eigenvalue weighted by Gasteiger charge is 2.15. The van der Waals surface area contributed by atoms with E-state index >= 15 is 0 Å². The monoisotopic (exact) mass is 349 g/mol. The number of non-ortho nitro benzene ring substituents is 1. The summed E-state index contributed by atoms with van der Waals surface area (Å²) in [4.78, 5) is 26.5. The number of carbonyl (C=O) groups is 1. The van der Waals surface area contributed by atoms with Crippen LogP contribution < -0.4 is 5.32 Å². The number of halogens is 1. The van der Waals surface area contributed by atoms with E-state index in [1.165, 1.54) is 18.3 Å². The van der Waals surface area contributed by atoms with Gasteiger partial charge >= 0.3 is 0 Å². The third-order valence-corrected chi connectivity index (χ3v) is 3.37. The number of amides is 1. The summed E-state index contributed by atoms with van der Waals surface area (Å²) in [6.07, 6.45) is 3.04. The predicted octanol–water partition coefficient (Wildman–Crippen LogP) is 3.62. The molecule has 1 amide bonds. The highest BCUT2D eigenvalue weighted by atomic mass is 79.9. The van der Waals surface area contributed by atoms with Crippen LogP contribution in [0.1, 0.15) is 21.5 Å². The number of aromatic nitrogens is 1. The summed E-state index contributed by atoms with van der Waals surface area (Å²) in [5, 5.41) is 13.6. The molecule has 1 heterocycles. The molecule has 2 rings (SSSR count). The molecule has 7 heteroatoms. The highest BCUT2D eigenvalue weighted by molar-refractivity contribution is 9.10. The molecule has 0 atom stereocenters. The Morgan fingerprint density at radius 1 is 1.24 bits per heavy atom. The zero-order valence-corrected chi connectivity index (χ0v) is 13.0. The molecule has 1 N–H and O–H groups in total. The molecule has 0 saturated heterocycles. The Bertz CT molecular complexity index is 708. The average Bonchev–Trinajstić information content (AvgIpc) is 2.42. The fraction of sp³-hybridized carbons (Fsp3) is 0.143. The quantitative estimate of drug-likeness (QED) is 0.677. The Morgan fingerprint density at radius 3 is 2.38 bits per heavy atom. The number of nitro benzene ring substituents is 1. The van der Waals surface area contributed by atoms with Crippen molar-refractivity contribution in [3.05, 3.63) is 61.9 Å². The second-order valence-corrected chi connectivity index (χ2v) is 5.47. The first-order valence-electron chi connectivity index (χ1n) is 6.06. The molecule has 0 bridgehead atoms. The summed E-state index contributed by atoms with van der Waals surface area (Å²) in [5.74, 6) is -0.316. The minimum atomic E-state index is -0.455. The summed E-state index contributed by atoms with van der Waals surface area (Å²) in [6, 6.07) is 4.52. The van der Waals surface area contributed by atoms with E-state index in [1.807, 2.05) is 0 Å². The van der Waals surface area contributed by atoms with E-state index in [-0.39, 0.29) is 11.6 Å². The van der Waals surface area contributed by atoms with Crippen LogP contribution in [0.15, 0.2) is 35.1 Å². The third kappa shape index (κ3) is 3.43. The molecule has 0 aliphatic rings. The topological polar surface area (TPSA) is 85.1 Å². The number of carbonyl (C=O) groups excluding carboxylic acids is 1. The Labute approximate surface area is 129 Å². The number of rotatable bonds is 3. The van der Waals surface area contributed by atoms with Crippen molar-refractivity contribution in [3.8, 4) is 0 Å². The van der Waals surface area contributed by atoms with Crippen LogP contribution in [0.4, 0.5) is 11.4 Å². The minimum Gasteiger partial charge on any atom is -0.321 e. The first kappa shape index (κ1) is 15.1. The van der Waals surface area contributed by atoms with Crippen LogP contribution in [0.2, 0.25) is 0 Å². The van der Waals surface area contributed by atoms with Crippen molar-refractivity contribution in [2.45, 2.75) is 13.8 Å². The van der Waals surface area contributed by atoms with Gasteiger partial charge in [-0.2, -0.15) is 0 Å². The normalized spacial score (nSPS) is 10.2. The predicted molar refractivity (Wildman–Crippen MR) is 82.5 cm³/mol. The zero-order chi connectivity index (χ0) is 15.6. The van der Waals surface area contributed by atoms with E-state index in [0.717, 1.165) is 0 Å². The second-order valence-electron chi connectivity index (χ2n) is 4.56. The van der Waals surface area contributed by atoms with Crippen molar-refractivity contribution in [1.29, 1.82) is 0 Å². The first-order chi connectivity index (χ1) is 9.88. The Morgan fingerprint density at radius 2 is 1.86 bits per heavy atom. The fourth-order valence-electron chi connectivity index (χ4n) is 1.96. The molecule has 1 aromatic carbocycles. The molecule has 108 valence electrons. The van der Waals surface area contributed by atoms with Crippen molar-refractivity contribution in [2.75, 3.05) is 5.32 Å². The molecule has 0 saturated carbocycles. The molecule has 0 spiro atoms. The van der Waals surface area contributed by atoms with Gasteiger partial charge in [-0.15, -0.1) is 0 Å². The highest BCUT2D eigenvalue weighted by Crippen LogP contribution is 2.26. The largest absolute Gasteiger partial charge is 0.321 e. The fourth-order valence-corrected chi connectivity index (χ4v) is 2.33. The van der Waals surface area contributed by atoms with Crippen LogP contribution >= 0.6 is 15.9 Å². The van der Waals surface area contributed by atoms with Gasteiger partial charge in [-0.1, -0.05) is 0 Å². The second kappa shape index (κ2) is 6.01. The number of pyridine rings is 1. The van der Waals surface area contributed by atoms with Crippen LogP contribution in [-0.4, -0.2) is 15.8 Å². The molecule has 0 radical (unpaired) electrons. The summed E-state index contributed by atoms with van der Waals surface area (Å²) in [6.45, 7) is 3.43. The lowest BCUT2D eigenvalue weighted by molar-refractivity contribution is -0.384. The molecule has 0 fully saturated rings. The number of aryl methyl sites for hydroxylation is 2. The van der Waals surface area contributed by atoms with Crippen molar-refractivity contribution in [2.24, 2.45) is 0 Å². The van der Waals surface area contributed by atoms with Crippen molar-refractivity contribution >= 4 is 33.2 Å². The molecule has 0 aliphatic carbocycles. The summed E-state index contributed by atoms with van der Waals surface area (Å²) < 4.78 is 0.701. The van der Waals surface area contributed by atoms with E-state index in [2.05, 4.69) is 26.2 Å². The lowest BCUT2D eigenvalue weighted by Gasteiger charge is -2.11. The number of nitrogens with zero attached hydrogens (tertiary/aromatic N) is 2. The molecule has 21 heavy (non-hydrogen) atoms. The van der Waals surface area contributed by atoms with Crippen molar-refractivity contribution in [1.82, 2.24) is 4.98 Å². The Hall–Kier alpha value is -2.28. The van der Waals surface area contributed by atoms with Gasteiger partial charge in [0.2, 0.25) is 0 Å². The van der Waals surface area contributed by atoms with Gasteiger partial charge in [0.15, 0.2) is 0 Å². The molecule has 0 aliphatic heterocycles. The van der Waals surface area contributed by atoms with E-state index < -0.39 is 4.92 Å². The van der Waals surface area contributed by atoms with E-state index in [9.17, 15) is 14.9 Å². The number of anilines is 1. The van der Waals surface area contributed by atoms with Crippen LogP contribution in [-0.2, 0) is 0 Å². The number of benzene rings is 1. The molecule has 2 aromatic rings. The molecular formula is C14H12BrN3O3. The van der Waals surface area contributed by atoms with E-state index in [0.29, 0.717) is 26.9 Å². The summed E-state index contributed by atoms with van der Waals surface area (Å²) in [5.41, 5.74) is 2.26. The summed E-state index contributed by atoms with van der Waals surface area (Å²) in [7, 11) is 0. The summed E-state index contributed by atoms with van der Waals surface area (Å²) >= 11 is 3.25. The first-order valence-corrected chi connectivity index (χ1v) is 6.85. The van der Waals surface area contributed by atoms with Crippen molar-refractivity contribution in [3.63, 3.8) is 0 Å². The van der Waals surface area contributed by atoms with Gasteiger partial charge in [0.1, 0.15) is 0 Å². The minimum absolute atomic E-state index is 0.00659. The van der Waals surface area contributed by atoms with E-state index in [1.54, 1.807) is 26.1 Å². The molecular weight excluding hydrogens is 338 g/mol. The van der Waals surface area contributed by atoms with Crippen LogP contribution in [0, 0.1) is 24.0 Å². The maximum absolute atomic E-state index is 12.2. The Kier molecular flexibility index (Phi) is 4.32. The smallest absolute Gasteiger partial charge is 0.270 e. The van der Waals surface area contributed by atoms with Gasteiger partial charge in [0.05, 0.1) is 10.5 Å². The average molecular weight is 350 g/mol. The van der Waals surface area contributed by atoms with Gasteiger partial charge in [-0.3, -0.25) is 19.9 Å². The number of nitro groups is 1. The van der Waals surface area contributed by atoms with E-state index in [4.69, 9.17) is 0 Å². The standard InChI is InChI=1S/C14H12BrN3O3/c1-8-3-12(18(20)21)4-9(2)13(8)17-14(19)10-5-11(15)7-16-6-10/h3-7H,1-2H3,(H,17,19). The van der Waals surface area contributed by atoms with Crippen molar-refractivity contribution < 1.29 is 9.72 Å². The SMILES string of the molecule is Cc1cc([N+](=O)[O-])cc(C)c1NC(=O)c1cncc(Br)c1. The van der Waals surface area contributed by atoms with Gasteiger partial charge in [-0.25, -0.2) is 0 Å². The van der Waals surface area contributed by atoms with Crippen LogP contribution in [0.25, 0.3) is 0 Å². The number of hydrogen-bond acceptors (Lipinski definition) is 4. The van der Waals surface area contributed by atoms with Gasteiger partial charge in [0, 0.05) is 34.7 Å². The van der Waals surface area contributed by atoms with Crippen LogP contribution in [0.5, 0.6) is 0 Å². The third-order valence-electron chi connectivity index (χ3n) is 2.93. The number of hydrogen-bond donors (Lipinski definition) is 1. The van der Waals surface area contributed by atoms with Crippen LogP contribution in [0.3, 0.4) is 0 Å². The van der Waals surface area contributed by atoms with Gasteiger partial charge < -0.3 is 5.32 Å². The molecule has 0 unspecified atom stereocenters. The maximum atomic E-state index is 12.2. The molecule has 1 aromatic heterocycles. The lowest BCUT2D eigenvalue weighted by atomic mass is 10.1. The zero-order valence-electron chi connectivity index (χ0n) is 11.4. The van der Waals surface area contributed by atoms with Gasteiger partial charge in [0.25, 0.3) is 11.6 Å². The Balaban J connectivity index is 2.32. The maximum Gasteiger partial charge on any atom is 0.270 e. The van der Waals surface area contributed by atoms with Gasteiger partial charge in [-0.05, 0) is 47.0 Å².